The highest BCUT2D eigenvalue weighted by Crippen LogP contribution is 2.46. The molecule has 1 amide bonds. The summed E-state index contributed by atoms with van der Waals surface area (Å²) in [6.45, 7) is 5.02. The van der Waals surface area contributed by atoms with Gasteiger partial charge in [-0.05, 0) is 84.5 Å². The lowest BCUT2D eigenvalue weighted by Gasteiger charge is -2.35. The third kappa shape index (κ3) is 5.31. The summed E-state index contributed by atoms with van der Waals surface area (Å²) in [6, 6.07) is 8.68. The van der Waals surface area contributed by atoms with Gasteiger partial charge in [0.05, 0.1) is 13.2 Å². The highest BCUT2D eigenvalue weighted by molar-refractivity contribution is 5.97. The van der Waals surface area contributed by atoms with Crippen LogP contribution in [0.25, 0.3) is 21.9 Å². The first kappa shape index (κ1) is 27.1. The second-order valence-corrected chi connectivity index (χ2v) is 11.9. The van der Waals surface area contributed by atoms with Gasteiger partial charge in [-0.3, -0.25) is 14.5 Å². The van der Waals surface area contributed by atoms with Crippen molar-refractivity contribution in [3.05, 3.63) is 69.4 Å². The molecule has 1 aromatic heterocycles. The number of pyridine rings is 1. The van der Waals surface area contributed by atoms with E-state index < -0.39 is 5.82 Å². The zero-order valence-corrected chi connectivity index (χ0v) is 22.9. The largest absolute Gasteiger partial charge is 0.396 e. The molecule has 2 heterocycles. The van der Waals surface area contributed by atoms with Gasteiger partial charge in [0.15, 0.2) is 0 Å². The first-order chi connectivity index (χ1) is 19.3. The Morgan fingerprint density at radius 3 is 2.67 bits per heavy atom. The highest BCUT2D eigenvalue weighted by atomic mass is 19.1. The number of benzene rings is 2. The van der Waals surface area contributed by atoms with E-state index in [0.717, 1.165) is 55.3 Å². The van der Waals surface area contributed by atoms with Gasteiger partial charge in [0, 0.05) is 67.4 Å². The Labute approximate surface area is 232 Å². The molecule has 0 unspecified atom stereocenters. The number of halogens is 1. The number of carbonyl (C=O) groups excluding carboxylic acids is 1. The molecule has 212 valence electrons. The number of hydrogen-bond donors (Lipinski definition) is 4. The van der Waals surface area contributed by atoms with Crippen LogP contribution >= 0.6 is 0 Å². The second kappa shape index (κ2) is 10.7. The SMILES string of the molecule is Cc1c(F)cc(C(=O)NC2CC2)cc1-c1ccc2c(=O)n(CC3(CO)CC3)cc(CN3CCNC[C@@H]3CO)c2c1. The van der Waals surface area contributed by atoms with Gasteiger partial charge in [0.25, 0.3) is 11.5 Å². The van der Waals surface area contributed by atoms with Crippen molar-refractivity contribution in [3.63, 3.8) is 0 Å². The Morgan fingerprint density at radius 2 is 1.98 bits per heavy atom. The van der Waals surface area contributed by atoms with E-state index in [1.54, 1.807) is 23.6 Å². The zero-order valence-electron chi connectivity index (χ0n) is 22.9. The van der Waals surface area contributed by atoms with E-state index in [1.165, 1.54) is 6.07 Å². The Morgan fingerprint density at radius 1 is 1.18 bits per heavy atom. The lowest BCUT2D eigenvalue weighted by molar-refractivity contribution is 0.0945. The molecular weight excluding hydrogens is 511 g/mol. The molecule has 0 radical (unpaired) electrons. The summed E-state index contributed by atoms with van der Waals surface area (Å²) in [5.74, 6) is -0.724. The Kier molecular flexibility index (Phi) is 7.25. The van der Waals surface area contributed by atoms with Crippen molar-refractivity contribution < 1.29 is 19.4 Å². The fourth-order valence-electron chi connectivity index (χ4n) is 5.80. The average molecular weight is 549 g/mol. The number of nitrogens with zero attached hydrogens (tertiary/aromatic N) is 2. The van der Waals surface area contributed by atoms with Gasteiger partial charge in [-0.2, -0.15) is 0 Å². The molecular formula is C31H37FN4O4. The molecule has 3 aliphatic rings. The first-order valence-corrected chi connectivity index (χ1v) is 14.2. The van der Waals surface area contributed by atoms with Gasteiger partial charge >= 0.3 is 0 Å². The van der Waals surface area contributed by atoms with Crippen LogP contribution in [0.1, 0.15) is 47.2 Å². The summed E-state index contributed by atoms with van der Waals surface area (Å²) in [6.07, 6.45) is 5.57. The maximum absolute atomic E-state index is 15.0. The van der Waals surface area contributed by atoms with Crippen LogP contribution in [0.4, 0.5) is 4.39 Å². The van der Waals surface area contributed by atoms with E-state index in [0.29, 0.717) is 36.1 Å². The third-order valence-corrected chi connectivity index (χ3v) is 8.85. The number of aliphatic hydroxyl groups is 2. The van der Waals surface area contributed by atoms with Crippen molar-refractivity contribution in [1.29, 1.82) is 0 Å². The smallest absolute Gasteiger partial charge is 0.258 e. The second-order valence-electron chi connectivity index (χ2n) is 11.9. The summed E-state index contributed by atoms with van der Waals surface area (Å²) in [5, 5.41) is 27.5. The van der Waals surface area contributed by atoms with Crippen LogP contribution in [0.3, 0.4) is 0 Å². The molecule has 2 aliphatic carbocycles. The van der Waals surface area contributed by atoms with E-state index in [2.05, 4.69) is 15.5 Å². The number of carbonyl (C=O) groups is 1. The number of piperazine rings is 1. The van der Waals surface area contributed by atoms with E-state index >= 15 is 4.39 Å². The minimum absolute atomic E-state index is 0.0254. The Balaban J connectivity index is 1.45. The monoisotopic (exact) mass is 548 g/mol. The lowest BCUT2D eigenvalue weighted by atomic mass is 9.94. The summed E-state index contributed by atoms with van der Waals surface area (Å²) in [7, 11) is 0. The minimum atomic E-state index is -0.445. The van der Waals surface area contributed by atoms with Crippen molar-refractivity contribution in [2.45, 2.75) is 57.8 Å². The van der Waals surface area contributed by atoms with Gasteiger partial charge < -0.3 is 25.4 Å². The highest BCUT2D eigenvalue weighted by Gasteiger charge is 2.42. The minimum Gasteiger partial charge on any atom is -0.396 e. The Hall–Kier alpha value is -3.11. The van der Waals surface area contributed by atoms with Crippen molar-refractivity contribution in [2.75, 3.05) is 32.8 Å². The number of hydrogen-bond acceptors (Lipinski definition) is 6. The molecule has 1 saturated heterocycles. The number of aromatic nitrogens is 1. The Bertz CT molecular complexity index is 1510. The molecule has 3 aromatic rings. The molecule has 4 N–H and O–H groups in total. The lowest BCUT2D eigenvalue weighted by Crippen LogP contribution is -2.52. The van der Waals surface area contributed by atoms with Crippen LogP contribution in [0.15, 0.2) is 41.3 Å². The standard InChI is InChI=1S/C31H37FN4O4/c1-19-26(11-21(12-28(19)32)29(39)34-23-3-4-23)20-2-5-25-27(10-20)22(14-35-9-8-33-13-24(35)16-37)15-36(30(25)40)17-31(18-38)6-7-31/h2,5,10-12,15,23-24,33,37-38H,3-4,6-9,13-14,16-18H2,1H3,(H,34,39)/t24-/m1/s1. The normalized spacial score (nSPS) is 20.6. The van der Waals surface area contributed by atoms with Gasteiger partial charge in [-0.1, -0.05) is 6.07 Å². The fraction of sp³-hybridized carbons (Fsp3) is 0.484. The molecule has 2 saturated carbocycles. The first-order valence-electron chi connectivity index (χ1n) is 14.2. The molecule has 0 spiro atoms. The summed E-state index contributed by atoms with van der Waals surface area (Å²) in [4.78, 5) is 28.6. The van der Waals surface area contributed by atoms with Crippen LogP contribution in [-0.2, 0) is 13.1 Å². The number of amides is 1. The van der Waals surface area contributed by atoms with Crippen LogP contribution in [0.5, 0.6) is 0 Å². The number of nitrogens with one attached hydrogen (secondary N) is 2. The number of rotatable bonds is 9. The summed E-state index contributed by atoms with van der Waals surface area (Å²) >= 11 is 0. The van der Waals surface area contributed by atoms with Crippen molar-refractivity contribution in [3.8, 4) is 11.1 Å². The van der Waals surface area contributed by atoms with Crippen LogP contribution in [0, 0.1) is 18.2 Å². The van der Waals surface area contributed by atoms with Crippen LogP contribution in [-0.4, -0.2) is 70.5 Å². The predicted molar refractivity (Wildman–Crippen MR) is 152 cm³/mol. The van der Waals surface area contributed by atoms with E-state index in [9.17, 15) is 19.8 Å². The molecule has 2 aromatic carbocycles. The van der Waals surface area contributed by atoms with Crippen molar-refractivity contribution in [2.24, 2.45) is 5.41 Å². The molecule has 0 bridgehead atoms. The molecule has 1 aliphatic heterocycles. The van der Waals surface area contributed by atoms with Gasteiger partial charge in [-0.25, -0.2) is 4.39 Å². The van der Waals surface area contributed by atoms with E-state index in [1.807, 2.05) is 18.3 Å². The predicted octanol–water partition coefficient (Wildman–Crippen LogP) is 2.55. The summed E-state index contributed by atoms with van der Waals surface area (Å²) in [5.41, 5.74) is 2.65. The maximum atomic E-state index is 15.0. The van der Waals surface area contributed by atoms with E-state index in [4.69, 9.17) is 0 Å². The van der Waals surface area contributed by atoms with Gasteiger partial charge in [-0.15, -0.1) is 0 Å². The third-order valence-electron chi connectivity index (χ3n) is 8.85. The molecule has 1 atom stereocenters. The van der Waals surface area contributed by atoms with E-state index in [-0.39, 0.29) is 47.7 Å². The fourth-order valence-corrected chi connectivity index (χ4v) is 5.80. The molecule has 9 heteroatoms. The molecule has 6 rings (SSSR count). The molecule has 40 heavy (non-hydrogen) atoms. The van der Waals surface area contributed by atoms with Crippen molar-refractivity contribution in [1.82, 2.24) is 20.1 Å². The van der Waals surface area contributed by atoms with Crippen molar-refractivity contribution >= 4 is 16.7 Å². The molecule has 3 fully saturated rings. The maximum Gasteiger partial charge on any atom is 0.258 e. The van der Waals surface area contributed by atoms with Crippen LogP contribution in [0.2, 0.25) is 0 Å². The van der Waals surface area contributed by atoms with Gasteiger partial charge in [0.1, 0.15) is 5.82 Å². The number of aliphatic hydroxyl groups excluding tert-OH is 2. The summed E-state index contributed by atoms with van der Waals surface area (Å²) < 4.78 is 16.8. The topological polar surface area (TPSA) is 107 Å². The quantitative estimate of drug-likeness (QED) is 0.328. The number of fused-ring (bicyclic) bond motifs is 1. The van der Waals surface area contributed by atoms with Crippen LogP contribution < -0.4 is 16.2 Å². The average Bonchev–Trinajstić information content (AvgIpc) is 3.90. The molecule has 8 nitrogen and oxygen atoms in total. The van der Waals surface area contributed by atoms with Gasteiger partial charge in [0.2, 0.25) is 0 Å². The zero-order chi connectivity index (χ0) is 28.0.